The van der Waals surface area contributed by atoms with Gasteiger partial charge in [-0.05, 0) is 0 Å². The highest BCUT2D eigenvalue weighted by molar-refractivity contribution is 7.79. The van der Waals surface area contributed by atoms with Crippen molar-refractivity contribution in [3.05, 3.63) is 0 Å². The lowest BCUT2D eigenvalue weighted by atomic mass is 10.3. The van der Waals surface area contributed by atoms with Gasteiger partial charge in [0.15, 0.2) is 0 Å². The molecule has 0 aromatic carbocycles. The SMILES string of the molecule is O=C(O)CCC(=O)O.O=S(=O)(O)O.S. The number of carbonyl (C=O) groups is 2. The number of carboxylic acid groups (broad SMARTS) is 2. The lowest BCUT2D eigenvalue weighted by Gasteiger charge is -1.85. The van der Waals surface area contributed by atoms with Crippen molar-refractivity contribution in [1.29, 1.82) is 0 Å². The molecule has 4 N–H and O–H groups in total. The zero-order valence-electron chi connectivity index (χ0n) is 6.74. The van der Waals surface area contributed by atoms with E-state index in [2.05, 4.69) is 0 Å². The summed E-state index contributed by atoms with van der Waals surface area (Å²) in [6.45, 7) is 0. The van der Waals surface area contributed by atoms with Gasteiger partial charge in [-0.2, -0.15) is 21.9 Å². The Morgan fingerprint density at radius 2 is 1.07 bits per heavy atom. The maximum Gasteiger partial charge on any atom is 0.394 e. The van der Waals surface area contributed by atoms with Gasteiger partial charge in [-0.25, -0.2) is 0 Å². The molecule has 10 heteroatoms. The van der Waals surface area contributed by atoms with Gasteiger partial charge in [0.25, 0.3) is 0 Å². The Bertz CT molecular complexity index is 245. The van der Waals surface area contributed by atoms with Gasteiger partial charge in [-0.15, -0.1) is 0 Å². The highest BCUT2D eigenvalue weighted by Gasteiger charge is 2.00. The summed E-state index contributed by atoms with van der Waals surface area (Å²) in [4.78, 5) is 19.3. The molecule has 0 aliphatic heterocycles. The van der Waals surface area contributed by atoms with E-state index >= 15 is 0 Å². The normalized spacial score (nSPS) is 9.00. The molecule has 0 rings (SSSR count). The molecule has 0 atom stereocenters. The largest absolute Gasteiger partial charge is 0.481 e. The minimum absolute atomic E-state index is 0. The molecular weight excluding hydrogens is 240 g/mol. The van der Waals surface area contributed by atoms with Crippen LogP contribution in [0.25, 0.3) is 0 Å². The first kappa shape index (κ1) is 18.9. The van der Waals surface area contributed by atoms with Crippen molar-refractivity contribution in [2.24, 2.45) is 0 Å². The number of carboxylic acids is 2. The Kier molecular flexibility index (Phi) is 11.8. The molecule has 0 saturated heterocycles. The highest BCUT2D eigenvalue weighted by Crippen LogP contribution is 1.86. The van der Waals surface area contributed by atoms with Crippen LogP contribution >= 0.6 is 13.5 Å². The average molecular weight is 250 g/mol. The maximum absolute atomic E-state index is 9.64. The second-order valence-corrected chi connectivity index (χ2v) is 2.63. The van der Waals surface area contributed by atoms with Crippen molar-refractivity contribution in [2.45, 2.75) is 12.8 Å². The molecule has 0 aromatic rings. The number of rotatable bonds is 3. The number of hydrogen-bond donors (Lipinski definition) is 4. The van der Waals surface area contributed by atoms with Crippen molar-refractivity contribution in [1.82, 2.24) is 0 Å². The molecule has 0 radical (unpaired) electrons. The minimum Gasteiger partial charge on any atom is -0.481 e. The standard InChI is InChI=1S/C4H6O4.H2O4S.H2S/c5-3(6)1-2-4(7)8;1-5(2,3)4;/h1-2H2,(H,5,6)(H,7,8);(H2,1,2,3,4);1H2. The zero-order valence-corrected chi connectivity index (χ0v) is 8.56. The van der Waals surface area contributed by atoms with Crippen LogP contribution in [0.15, 0.2) is 0 Å². The second kappa shape index (κ2) is 8.74. The molecule has 0 aliphatic carbocycles. The third-order valence-corrected chi connectivity index (χ3v) is 0.553. The predicted octanol–water partition coefficient (Wildman–Crippen LogP) is -0.604. The fourth-order valence-electron chi connectivity index (χ4n) is 0.214. The quantitative estimate of drug-likeness (QED) is 0.485. The molecule has 0 aromatic heterocycles. The van der Waals surface area contributed by atoms with Crippen molar-refractivity contribution < 1.29 is 37.3 Å². The first-order chi connectivity index (χ1) is 5.63. The first-order valence-electron chi connectivity index (χ1n) is 2.76. The molecule has 0 amide bonds. The van der Waals surface area contributed by atoms with Gasteiger partial charge in [-0.1, -0.05) is 0 Å². The van der Waals surface area contributed by atoms with Gasteiger partial charge in [0.1, 0.15) is 0 Å². The fraction of sp³-hybridized carbons (Fsp3) is 0.500. The van der Waals surface area contributed by atoms with E-state index < -0.39 is 22.3 Å². The zero-order chi connectivity index (χ0) is 11.1. The van der Waals surface area contributed by atoms with Crippen LogP contribution in [0.4, 0.5) is 0 Å². The molecule has 14 heavy (non-hydrogen) atoms. The van der Waals surface area contributed by atoms with Crippen LogP contribution < -0.4 is 0 Å². The van der Waals surface area contributed by atoms with Gasteiger partial charge in [0, 0.05) is 0 Å². The number of aliphatic carboxylic acids is 2. The van der Waals surface area contributed by atoms with E-state index in [1.54, 1.807) is 0 Å². The van der Waals surface area contributed by atoms with Crippen LogP contribution in [0.3, 0.4) is 0 Å². The van der Waals surface area contributed by atoms with Crippen LogP contribution in [-0.4, -0.2) is 39.7 Å². The van der Waals surface area contributed by atoms with Crippen LogP contribution in [0.2, 0.25) is 0 Å². The average Bonchev–Trinajstić information content (AvgIpc) is 1.79. The topological polar surface area (TPSA) is 149 Å². The Morgan fingerprint density at radius 3 is 1.14 bits per heavy atom. The first-order valence-corrected chi connectivity index (χ1v) is 4.16. The van der Waals surface area contributed by atoms with E-state index in [1.165, 1.54) is 0 Å². The van der Waals surface area contributed by atoms with Gasteiger partial charge in [0.05, 0.1) is 12.8 Å². The maximum atomic E-state index is 9.64. The smallest absolute Gasteiger partial charge is 0.394 e. The lowest BCUT2D eigenvalue weighted by Crippen LogP contribution is -2.00. The summed E-state index contributed by atoms with van der Waals surface area (Å²) in [5.74, 6) is -2.15. The van der Waals surface area contributed by atoms with Gasteiger partial charge >= 0.3 is 22.3 Å². The summed E-state index contributed by atoms with van der Waals surface area (Å²) in [5, 5.41) is 15.8. The molecule has 0 bridgehead atoms. The molecule has 0 fully saturated rings. The van der Waals surface area contributed by atoms with Crippen LogP contribution in [-0.2, 0) is 20.0 Å². The second-order valence-electron chi connectivity index (χ2n) is 1.74. The predicted molar refractivity (Wildman–Crippen MR) is 49.1 cm³/mol. The Hall–Kier alpha value is -0.840. The van der Waals surface area contributed by atoms with E-state index in [4.69, 9.17) is 27.7 Å². The van der Waals surface area contributed by atoms with Gasteiger partial charge in [0.2, 0.25) is 0 Å². The summed E-state index contributed by atoms with van der Waals surface area (Å²) >= 11 is 0. The van der Waals surface area contributed by atoms with E-state index in [9.17, 15) is 9.59 Å². The fourth-order valence-corrected chi connectivity index (χ4v) is 0.214. The Balaban J connectivity index is -0.000000177. The molecule has 0 spiro atoms. The third kappa shape index (κ3) is 66.6. The van der Waals surface area contributed by atoms with E-state index in [-0.39, 0.29) is 26.3 Å². The third-order valence-electron chi connectivity index (χ3n) is 0.553. The van der Waals surface area contributed by atoms with Crippen LogP contribution in [0.5, 0.6) is 0 Å². The summed E-state index contributed by atoms with van der Waals surface area (Å²) in [6.07, 6.45) is -0.593. The van der Waals surface area contributed by atoms with Gasteiger partial charge < -0.3 is 10.2 Å². The molecule has 0 unspecified atom stereocenters. The Labute approximate surface area is 86.6 Å². The van der Waals surface area contributed by atoms with Gasteiger partial charge in [-0.3, -0.25) is 18.7 Å². The molecular formula is C4H10O8S2. The summed E-state index contributed by atoms with van der Waals surface area (Å²) in [5.41, 5.74) is 0. The van der Waals surface area contributed by atoms with E-state index in [0.29, 0.717) is 0 Å². The Morgan fingerprint density at radius 1 is 0.929 bits per heavy atom. The summed E-state index contributed by atoms with van der Waals surface area (Å²) in [7, 11) is -4.67. The summed E-state index contributed by atoms with van der Waals surface area (Å²) in [6, 6.07) is 0. The van der Waals surface area contributed by atoms with E-state index in [0.717, 1.165) is 0 Å². The van der Waals surface area contributed by atoms with Crippen molar-refractivity contribution in [2.75, 3.05) is 0 Å². The molecule has 86 valence electrons. The van der Waals surface area contributed by atoms with Crippen molar-refractivity contribution in [3.8, 4) is 0 Å². The molecule has 0 heterocycles. The van der Waals surface area contributed by atoms with Crippen LogP contribution in [0.1, 0.15) is 12.8 Å². The molecule has 0 saturated carbocycles. The molecule has 8 nitrogen and oxygen atoms in total. The number of hydrogen-bond acceptors (Lipinski definition) is 4. The van der Waals surface area contributed by atoms with Crippen molar-refractivity contribution >= 4 is 35.8 Å². The molecule has 0 aliphatic rings. The van der Waals surface area contributed by atoms with Crippen molar-refractivity contribution in [3.63, 3.8) is 0 Å². The van der Waals surface area contributed by atoms with E-state index in [1.807, 2.05) is 0 Å². The minimum atomic E-state index is -4.67. The lowest BCUT2D eigenvalue weighted by molar-refractivity contribution is -0.143. The van der Waals surface area contributed by atoms with Crippen LogP contribution in [0, 0.1) is 0 Å². The highest BCUT2D eigenvalue weighted by atomic mass is 32.3. The summed E-state index contributed by atoms with van der Waals surface area (Å²) < 4.78 is 31.6. The monoisotopic (exact) mass is 250 g/mol.